The first-order chi connectivity index (χ1) is 6.18. The Bertz CT molecular complexity index is 481. The first-order valence-corrected chi connectivity index (χ1v) is 4.25. The molecule has 0 amide bonds. The molecule has 4 heteroatoms. The lowest BCUT2D eigenvalue weighted by Gasteiger charge is -2.05. The Labute approximate surface area is 75.2 Å². The third-order valence-corrected chi connectivity index (χ3v) is 1.97. The highest BCUT2D eigenvalue weighted by Gasteiger charge is 2.05. The van der Waals surface area contributed by atoms with E-state index in [0.717, 1.165) is 11.0 Å². The van der Waals surface area contributed by atoms with Crippen molar-refractivity contribution in [2.24, 2.45) is 0 Å². The van der Waals surface area contributed by atoms with Gasteiger partial charge in [0.15, 0.2) is 0 Å². The van der Waals surface area contributed by atoms with Crippen LogP contribution in [-0.2, 0) is 0 Å². The zero-order valence-electron chi connectivity index (χ0n) is 7.61. The van der Waals surface area contributed by atoms with E-state index in [1.807, 2.05) is 13.8 Å². The van der Waals surface area contributed by atoms with Crippen molar-refractivity contribution in [3.63, 3.8) is 0 Å². The van der Waals surface area contributed by atoms with Gasteiger partial charge in [0.2, 0.25) is 5.56 Å². The van der Waals surface area contributed by atoms with E-state index < -0.39 is 0 Å². The van der Waals surface area contributed by atoms with Gasteiger partial charge in [0.05, 0.1) is 6.20 Å². The number of H-pyrrole nitrogens is 1. The second-order valence-corrected chi connectivity index (χ2v) is 3.31. The topological polar surface area (TPSA) is 50.7 Å². The lowest BCUT2D eigenvalue weighted by atomic mass is 10.3. The van der Waals surface area contributed by atoms with Crippen molar-refractivity contribution >= 4 is 11.0 Å². The summed E-state index contributed by atoms with van der Waals surface area (Å²) >= 11 is 0. The summed E-state index contributed by atoms with van der Waals surface area (Å²) in [5.41, 5.74) is 0.706. The van der Waals surface area contributed by atoms with Gasteiger partial charge >= 0.3 is 0 Å². The summed E-state index contributed by atoms with van der Waals surface area (Å²) in [6.45, 7) is 4.05. The van der Waals surface area contributed by atoms with Gasteiger partial charge in [-0.15, -0.1) is 0 Å². The van der Waals surface area contributed by atoms with Gasteiger partial charge in [-0.25, -0.2) is 4.68 Å². The van der Waals surface area contributed by atoms with Crippen molar-refractivity contribution < 1.29 is 0 Å². The number of hydrogen-bond donors (Lipinski definition) is 1. The van der Waals surface area contributed by atoms with E-state index >= 15 is 0 Å². The van der Waals surface area contributed by atoms with Crippen LogP contribution in [0.3, 0.4) is 0 Å². The van der Waals surface area contributed by atoms with Crippen molar-refractivity contribution in [2.75, 3.05) is 0 Å². The van der Waals surface area contributed by atoms with E-state index in [1.54, 1.807) is 16.9 Å². The van der Waals surface area contributed by atoms with Crippen molar-refractivity contribution in [1.82, 2.24) is 14.8 Å². The van der Waals surface area contributed by atoms with Gasteiger partial charge in [0.25, 0.3) is 0 Å². The van der Waals surface area contributed by atoms with Gasteiger partial charge in [0.1, 0.15) is 5.65 Å². The van der Waals surface area contributed by atoms with Gasteiger partial charge in [-0.1, -0.05) is 0 Å². The van der Waals surface area contributed by atoms with Crippen molar-refractivity contribution in [2.45, 2.75) is 19.9 Å². The van der Waals surface area contributed by atoms with Crippen LogP contribution < -0.4 is 5.56 Å². The number of hydrogen-bond acceptors (Lipinski definition) is 2. The number of fused-ring (bicyclic) bond motifs is 1. The normalized spacial score (nSPS) is 11.3. The average Bonchev–Trinajstić information content (AvgIpc) is 2.46. The molecule has 0 aromatic carbocycles. The Morgan fingerprint density at radius 3 is 2.92 bits per heavy atom. The minimum atomic E-state index is -0.0881. The van der Waals surface area contributed by atoms with Crippen molar-refractivity contribution in [3.8, 4) is 0 Å². The van der Waals surface area contributed by atoms with E-state index in [0.29, 0.717) is 0 Å². The molecule has 0 unspecified atom stereocenters. The second-order valence-electron chi connectivity index (χ2n) is 3.31. The fourth-order valence-electron chi connectivity index (χ4n) is 1.34. The molecule has 1 N–H and O–H groups in total. The summed E-state index contributed by atoms with van der Waals surface area (Å²) in [4.78, 5) is 13.8. The average molecular weight is 177 g/mol. The quantitative estimate of drug-likeness (QED) is 0.713. The molecule has 0 atom stereocenters. The number of aromatic amines is 1. The van der Waals surface area contributed by atoms with Crippen molar-refractivity contribution in [3.05, 3.63) is 28.7 Å². The molecule has 2 rings (SSSR count). The lowest BCUT2D eigenvalue weighted by molar-refractivity contribution is 0.546. The van der Waals surface area contributed by atoms with E-state index in [-0.39, 0.29) is 11.6 Å². The fraction of sp³-hybridized carbons (Fsp3) is 0.333. The predicted molar refractivity (Wildman–Crippen MR) is 50.7 cm³/mol. The van der Waals surface area contributed by atoms with Crippen molar-refractivity contribution in [1.29, 1.82) is 0 Å². The molecule has 13 heavy (non-hydrogen) atoms. The van der Waals surface area contributed by atoms with Crippen LogP contribution >= 0.6 is 0 Å². The van der Waals surface area contributed by atoms with Crippen LogP contribution in [0.4, 0.5) is 0 Å². The van der Waals surface area contributed by atoms with Gasteiger partial charge in [-0.3, -0.25) is 4.79 Å². The van der Waals surface area contributed by atoms with E-state index in [9.17, 15) is 4.79 Å². The third kappa shape index (κ3) is 1.24. The van der Waals surface area contributed by atoms with Crippen LogP contribution in [-0.4, -0.2) is 14.8 Å². The number of nitrogens with one attached hydrogen (secondary N) is 1. The molecule has 0 saturated heterocycles. The number of rotatable bonds is 1. The molecule has 0 aliphatic carbocycles. The maximum Gasteiger partial charge on any atom is 0.249 e. The molecule has 4 nitrogen and oxygen atoms in total. The second kappa shape index (κ2) is 2.73. The minimum Gasteiger partial charge on any atom is -0.307 e. The monoisotopic (exact) mass is 177 g/mol. The maximum absolute atomic E-state index is 11.1. The standard InChI is InChI=1S/C9H11N3O/c1-6(2)12-9-7(5-10-12)3-4-8(13)11-9/h3-6H,1-2H3,(H,11,13). The SMILES string of the molecule is CC(C)n1ncc2ccc(=O)[nH]c21. The molecule has 0 bridgehead atoms. The van der Waals surface area contributed by atoms with Gasteiger partial charge in [-0.05, 0) is 19.9 Å². The molecule has 0 spiro atoms. The Morgan fingerprint density at radius 1 is 1.46 bits per heavy atom. The van der Waals surface area contributed by atoms with Crippen LogP contribution in [0.2, 0.25) is 0 Å². The summed E-state index contributed by atoms with van der Waals surface area (Å²) in [6.07, 6.45) is 1.76. The van der Waals surface area contributed by atoms with Crippen LogP contribution in [0.25, 0.3) is 11.0 Å². The fourth-order valence-corrected chi connectivity index (χ4v) is 1.34. The smallest absolute Gasteiger partial charge is 0.249 e. The summed E-state index contributed by atoms with van der Waals surface area (Å²) in [5.74, 6) is 0. The van der Waals surface area contributed by atoms with Gasteiger partial charge < -0.3 is 4.98 Å². The van der Waals surface area contributed by atoms with Crippen LogP contribution in [0, 0.1) is 0 Å². The minimum absolute atomic E-state index is 0.0881. The lowest BCUT2D eigenvalue weighted by Crippen LogP contribution is -2.08. The third-order valence-electron chi connectivity index (χ3n) is 1.97. The zero-order chi connectivity index (χ0) is 9.42. The molecule has 0 fully saturated rings. The maximum atomic E-state index is 11.1. The molecule has 2 heterocycles. The van der Waals surface area contributed by atoms with E-state index in [1.165, 1.54) is 6.07 Å². The molecule has 68 valence electrons. The zero-order valence-corrected chi connectivity index (χ0v) is 7.61. The first-order valence-electron chi connectivity index (χ1n) is 4.25. The largest absolute Gasteiger partial charge is 0.307 e. The first kappa shape index (κ1) is 8.04. The van der Waals surface area contributed by atoms with Crippen LogP contribution in [0.15, 0.2) is 23.1 Å². The Kier molecular flexibility index (Phi) is 1.69. The number of nitrogens with zero attached hydrogens (tertiary/aromatic N) is 2. The Hall–Kier alpha value is -1.58. The highest BCUT2D eigenvalue weighted by Crippen LogP contribution is 2.12. The van der Waals surface area contributed by atoms with Gasteiger partial charge in [0, 0.05) is 17.5 Å². The highest BCUT2D eigenvalue weighted by atomic mass is 16.1. The Balaban J connectivity index is 2.79. The van der Waals surface area contributed by atoms with E-state index in [4.69, 9.17) is 0 Å². The number of pyridine rings is 1. The summed E-state index contributed by atoms with van der Waals surface area (Å²) in [6, 6.07) is 3.55. The predicted octanol–water partition coefficient (Wildman–Crippen LogP) is 1.31. The van der Waals surface area contributed by atoms with Crippen LogP contribution in [0.5, 0.6) is 0 Å². The molecule has 0 saturated carbocycles. The molecular formula is C9H11N3O. The molecule has 2 aromatic rings. The summed E-state index contributed by atoms with van der Waals surface area (Å²) < 4.78 is 1.80. The van der Waals surface area contributed by atoms with E-state index in [2.05, 4.69) is 10.1 Å². The molecular weight excluding hydrogens is 166 g/mol. The molecule has 0 aliphatic heterocycles. The Morgan fingerprint density at radius 2 is 2.23 bits per heavy atom. The summed E-state index contributed by atoms with van der Waals surface area (Å²) in [7, 11) is 0. The molecule has 0 aliphatic rings. The highest BCUT2D eigenvalue weighted by molar-refractivity contribution is 5.73. The van der Waals surface area contributed by atoms with Crippen LogP contribution in [0.1, 0.15) is 19.9 Å². The summed E-state index contributed by atoms with van der Waals surface area (Å²) in [5, 5.41) is 5.15. The van der Waals surface area contributed by atoms with Gasteiger partial charge in [-0.2, -0.15) is 5.10 Å². The molecule has 0 radical (unpaired) electrons. The molecule has 2 aromatic heterocycles. The number of aromatic nitrogens is 3.